The predicted molar refractivity (Wildman–Crippen MR) is 142 cm³/mol. The molecule has 0 aliphatic carbocycles. The second-order valence-electron chi connectivity index (χ2n) is 7.50. The Morgan fingerprint density at radius 1 is 0.939 bits per heavy atom. The van der Waals surface area contributed by atoms with E-state index in [9.17, 15) is 14.4 Å². The summed E-state index contributed by atoms with van der Waals surface area (Å²) >= 11 is 4.11. The second-order valence-corrected chi connectivity index (χ2v) is 9.83. The number of halogens is 2. The van der Waals surface area contributed by atoms with E-state index in [1.807, 2.05) is 6.07 Å². The van der Waals surface area contributed by atoms with E-state index in [-0.39, 0.29) is 12.2 Å². The highest BCUT2D eigenvalue weighted by Gasteiger charge is 2.22. The zero-order chi connectivity index (χ0) is 24.1. The van der Waals surface area contributed by atoms with Crippen LogP contribution in [0.1, 0.15) is 39.9 Å². The highest BCUT2D eigenvalue weighted by atomic mass is 127. The van der Waals surface area contributed by atoms with E-state index in [1.54, 1.807) is 67.6 Å². The minimum Gasteiger partial charge on any atom is -0.480 e. The van der Waals surface area contributed by atoms with Gasteiger partial charge in [0.05, 0.1) is 13.1 Å². The molecule has 0 radical (unpaired) electrons. The highest BCUT2D eigenvalue weighted by molar-refractivity contribution is 14.1. The zero-order valence-electron chi connectivity index (χ0n) is 17.6. The van der Waals surface area contributed by atoms with Gasteiger partial charge in [0.2, 0.25) is 0 Å². The molecule has 0 spiro atoms. The summed E-state index contributed by atoms with van der Waals surface area (Å²) in [6.45, 7) is 1.73. The average molecular weight is 669 g/mol. The molecule has 33 heavy (non-hydrogen) atoms. The van der Waals surface area contributed by atoms with E-state index in [1.165, 1.54) is 0 Å². The molecule has 2 atom stereocenters. The molecule has 0 bridgehead atoms. The van der Waals surface area contributed by atoms with E-state index < -0.39 is 23.9 Å². The van der Waals surface area contributed by atoms with E-state index in [0.29, 0.717) is 29.6 Å². The lowest BCUT2D eigenvalue weighted by atomic mass is 9.96. The first-order valence-corrected chi connectivity index (χ1v) is 12.2. The molecule has 8 heteroatoms. The quantitative estimate of drug-likeness (QED) is 0.155. The Morgan fingerprint density at radius 2 is 1.55 bits per heavy atom. The van der Waals surface area contributed by atoms with Crippen molar-refractivity contribution in [3.63, 3.8) is 0 Å². The number of rotatable bonds is 8. The van der Waals surface area contributed by atoms with E-state index >= 15 is 0 Å². The molecule has 0 saturated carbocycles. The molecule has 6 nitrogen and oxygen atoms in total. The Morgan fingerprint density at radius 3 is 2.15 bits per heavy atom. The third-order valence-electron chi connectivity index (χ3n) is 5.07. The van der Waals surface area contributed by atoms with Crippen LogP contribution in [0.15, 0.2) is 66.7 Å². The predicted octanol–water partition coefficient (Wildman–Crippen LogP) is 4.79. The number of esters is 1. The molecule has 0 aliphatic heterocycles. The Labute approximate surface area is 218 Å². The minimum absolute atomic E-state index is 0.114. The maximum Gasteiger partial charge on any atom is 0.320 e. The lowest BCUT2D eigenvalue weighted by Crippen LogP contribution is -2.32. The standard InChI is InChI=1S/C25H21I2NO5/c1-14(17-8-5-9-18(13-17)22(29)16-6-3-2-4-7-16)25(32)33-23-19(26)10-15(11-20(23)27)12-21(28)24(30)31/h2-11,13-14,21H,12,28H2,1H3,(H,30,31)/t14?,21-/m0/s1. The smallest absolute Gasteiger partial charge is 0.320 e. The van der Waals surface area contributed by atoms with Crippen LogP contribution in [0, 0.1) is 7.14 Å². The maximum atomic E-state index is 12.9. The summed E-state index contributed by atoms with van der Waals surface area (Å²) in [4.78, 5) is 36.7. The molecule has 3 aromatic rings. The number of hydrogen-bond acceptors (Lipinski definition) is 5. The number of ketones is 1. The molecule has 1 unspecified atom stereocenters. The summed E-state index contributed by atoms with van der Waals surface area (Å²) in [5, 5.41) is 9.02. The van der Waals surface area contributed by atoms with Crippen LogP contribution in [0.4, 0.5) is 0 Å². The number of nitrogens with two attached hydrogens (primary N) is 1. The summed E-state index contributed by atoms with van der Waals surface area (Å²) in [7, 11) is 0. The van der Waals surface area contributed by atoms with Crippen molar-refractivity contribution in [2.75, 3.05) is 0 Å². The Balaban J connectivity index is 1.77. The molecule has 3 N–H and O–H groups in total. The van der Waals surface area contributed by atoms with Gasteiger partial charge in [-0.05, 0) is 87.9 Å². The van der Waals surface area contributed by atoms with Crippen molar-refractivity contribution in [2.45, 2.75) is 25.3 Å². The summed E-state index contributed by atoms with van der Waals surface area (Å²) in [6.07, 6.45) is 0.175. The van der Waals surface area contributed by atoms with Gasteiger partial charge >= 0.3 is 11.9 Å². The Kier molecular flexibility index (Phi) is 8.60. The normalized spacial score (nSPS) is 12.6. The Hall–Kier alpha value is -2.31. The topological polar surface area (TPSA) is 107 Å². The molecule has 0 amide bonds. The molecule has 170 valence electrons. The fourth-order valence-electron chi connectivity index (χ4n) is 3.20. The number of carbonyl (C=O) groups is 3. The van der Waals surface area contributed by atoms with Gasteiger partial charge in [0.15, 0.2) is 11.5 Å². The number of ether oxygens (including phenoxy) is 1. The first kappa shape index (κ1) is 25.3. The van der Waals surface area contributed by atoms with Crippen molar-refractivity contribution >= 4 is 62.9 Å². The van der Waals surface area contributed by atoms with E-state index in [4.69, 9.17) is 15.6 Å². The summed E-state index contributed by atoms with van der Waals surface area (Å²) < 4.78 is 7.06. The number of carboxylic acid groups (broad SMARTS) is 1. The van der Waals surface area contributed by atoms with Crippen molar-refractivity contribution in [1.82, 2.24) is 0 Å². The molecule has 0 aliphatic rings. The van der Waals surface area contributed by atoms with E-state index in [0.717, 1.165) is 5.56 Å². The minimum atomic E-state index is -1.07. The van der Waals surface area contributed by atoms with Gasteiger partial charge in [0.1, 0.15) is 6.04 Å². The molecule has 0 saturated heterocycles. The fourth-order valence-corrected chi connectivity index (χ4v) is 5.32. The molecule has 0 heterocycles. The van der Waals surface area contributed by atoms with E-state index in [2.05, 4.69) is 45.2 Å². The Bertz CT molecular complexity index is 1170. The third-order valence-corrected chi connectivity index (χ3v) is 6.67. The van der Waals surface area contributed by atoms with Gasteiger partial charge in [-0.15, -0.1) is 0 Å². The molecular formula is C25H21I2NO5. The molecule has 0 aromatic heterocycles. The van der Waals surface area contributed by atoms with Crippen molar-refractivity contribution < 1.29 is 24.2 Å². The second kappa shape index (κ2) is 11.2. The van der Waals surface area contributed by atoms with Crippen LogP contribution in [0.5, 0.6) is 5.75 Å². The summed E-state index contributed by atoms with van der Waals surface area (Å²) in [5.41, 5.74) is 8.14. The van der Waals surface area contributed by atoms with Crippen LogP contribution < -0.4 is 10.5 Å². The SMILES string of the molecule is CC(C(=O)Oc1c(I)cc(C[C@H](N)C(=O)O)cc1I)c1cccc(C(=O)c2ccccc2)c1. The molecular weight excluding hydrogens is 648 g/mol. The number of carboxylic acids is 1. The van der Waals surface area contributed by atoms with Crippen molar-refractivity contribution in [1.29, 1.82) is 0 Å². The lowest BCUT2D eigenvalue weighted by molar-refractivity contribution is -0.138. The van der Waals surface area contributed by atoms with Crippen LogP contribution in [-0.4, -0.2) is 28.9 Å². The van der Waals surface area contributed by atoms with Gasteiger partial charge < -0.3 is 15.6 Å². The van der Waals surface area contributed by atoms with Crippen molar-refractivity contribution in [2.24, 2.45) is 5.73 Å². The van der Waals surface area contributed by atoms with Crippen LogP contribution in [-0.2, 0) is 16.0 Å². The third kappa shape index (κ3) is 6.39. The first-order chi connectivity index (χ1) is 15.7. The first-order valence-electron chi connectivity index (χ1n) is 10.0. The van der Waals surface area contributed by atoms with Gasteiger partial charge in [-0.25, -0.2) is 0 Å². The lowest BCUT2D eigenvalue weighted by Gasteiger charge is -2.16. The maximum absolute atomic E-state index is 12.9. The van der Waals surface area contributed by atoms with Crippen molar-refractivity contribution in [3.8, 4) is 5.75 Å². The fraction of sp³-hybridized carbons (Fsp3) is 0.160. The van der Waals surface area contributed by atoms with Gasteiger partial charge in [0, 0.05) is 11.1 Å². The number of carbonyl (C=O) groups excluding carboxylic acids is 2. The molecule has 3 rings (SSSR count). The van der Waals surface area contributed by atoms with Gasteiger partial charge in [-0.3, -0.25) is 14.4 Å². The molecule has 3 aromatic carbocycles. The number of benzene rings is 3. The van der Waals surface area contributed by atoms with Crippen LogP contribution in [0.3, 0.4) is 0 Å². The van der Waals surface area contributed by atoms with Gasteiger partial charge in [-0.1, -0.05) is 48.5 Å². The molecule has 0 fully saturated rings. The monoisotopic (exact) mass is 669 g/mol. The number of hydrogen-bond donors (Lipinski definition) is 2. The summed E-state index contributed by atoms with van der Waals surface area (Å²) in [5.74, 6) is -1.82. The number of aliphatic carboxylic acids is 1. The van der Waals surface area contributed by atoms with Crippen molar-refractivity contribution in [3.05, 3.63) is 96.1 Å². The van der Waals surface area contributed by atoms with Gasteiger partial charge in [-0.2, -0.15) is 0 Å². The zero-order valence-corrected chi connectivity index (χ0v) is 21.9. The average Bonchev–Trinajstić information content (AvgIpc) is 2.80. The van der Waals surface area contributed by atoms with Crippen LogP contribution in [0.2, 0.25) is 0 Å². The summed E-state index contributed by atoms with van der Waals surface area (Å²) in [6, 6.07) is 18.5. The largest absolute Gasteiger partial charge is 0.480 e. The van der Waals surface area contributed by atoms with Crippen LogP contribution >= 0.6 is 45.2 Å². The highest BCUT2D eigenvalue weighted by Crippen LogP contribution is 2.31. The van der Waals surface area contributed by atoms with Crippen LogP contribution in [0.25, 0.3) is 0 Å². The van der Waals surface area contributed by atoms with Gasteiger partial charge in [0.25, 0.3) is 0 Å².